The summed E-state index contributed by atoms with van der Waals surface area (Å²) in [5.74, 6) is -0.814. The number of fused-ring (bicyclic) bond motifs is 1. The molecule has 3 heterocycles. The van der Waals surface area contributed by atoms with Crippen LogP contribution in [0.3, 0.4) is 0 Å². The molecular weight excluding hydrogens is 424 g/mol. The van der Waals surface area contributed by atoms with E-state index in [0.717, 1.165) is 4.88 Å². The summed E-state index contributed by atoms with van der Waals surface area (Å²) in [5, 5.41) is 1.12. The minimum Gasteiger partial charge on any atom is -0.408 e. The molecule has 1 unspecified atom stereocenters. The molecule has 0 amide bonds. The van der Waals surface area contributed by atoms with E-state index in [1.54, 1.807) is 12.1 Å². The van der Waals surface area contributed by atoms with Gasteiger partial charge in [0.15, 0.2) is 15.4 Å². The first-order valence-electron chi connectivity index (χ1n) is 8.55. The van der Waals surface area contributed by atoms with Gasteiger partial charge in [-0.1, -0.05) is 6.07 Å². The van der Waals surface area contributed by atoms with E-state index in [1.165, 1.54) is 45.5 Å². The molecular formula is C17H18N2O6S3. The third-order valence-electron chi connectivity index (χ3n) is 4.96. The summed E-state index contributed by atoms with van der Waals surface area (Å²) < 4.78 is 59.0. The van der Waals surface area contributed by atoms with Gasteiger partial charge in [-0.15, -0.1) is 11.3 Å². The second kappa shape index (κ2) is 6.83. The highest BCUT2D eigenvalue weighted by Gasteiger charge is 2.36. The van der Waals surface area contributed by atoms with E-state index in [4.69, 9.17) is 4.42 Å². The number of aromatic nitrogens is 1. The monoisotopic (exact) mass is 442 g/mol. The number of hydrogen-bond acceptors (Lipinski definition) is 7. The number of nitrogens with zero attached hydrogens (tertiary/aromatic N) is 2. The van der Waals surface area contributed by atoms with Crippen LogP contribution in [0.4, 0.5) is 0 Å². The lowest BCUT2D eigenvalue weighted by Crippen LogP contribution is -2.33. The van der Waals surface area contributed by atoms with Crippen LogP contribution in [-0.2, 0) is 26.9 Å². The smallest absolute Gasteiger partial charge is 0.408 e. The van der Waals surface area contributed by atoms with Gasteiger partial charge in [-0.2, -0.15) is 4.31 Å². The third-order valence-corrected chi connectivity index (χ3v) is 10.1. The van der Waals surface area contributed by atoms with Gasteiger partial charge in [0.25, 0.3) is 0 Å². The zero-order valence-electron chi connectivity index (χ0n) is 14.9. The second-order valence-electron chi connectivity index (χ2n) is 6.62. The first-order chi connectivity index (χ1) is 13.2. The van der Waals surface area contributed by atoms with Crippen molar-refractivity contribution in [3.63, 3.8) is 0 Å². The Balaban J connectivity index is 1.68. The highest BCUT2D eigenvalue weighted by atomic mass is 32.2. The fourth-order valence-electron chi connectivity index (χ4n) is 3.37. The molecule has 0 bridgehead atoms. The topological polar surface area (TPSA) is 107 Å². The van der Waals surface area contributed by atoms with Gasteiger partial charge in [-0.05, 0) is 36.1 Å². The van der Waals surface area contributed by atoms with Gasteiger partial charge in [-0.25, -0.2) is 21.6 Å². The number of sulfone groups is 1. The van der Waals surface area contributed by atoms with E-state index in [0.29, 0.717) is 11.1 Å². The highest BCUT2D eigenvalue weighted by Crippen LogP contribution is 2.33. The van der Waals surface area contributed by atoms with Gasteiger partial charge >= 0.3 is 5.76 Å². The van der Waals surface area contributed by atoms with Crippen molar-refractivity contribution < 1.29 is 21.3 Å². The number of thiophene rings is 1. The van der Waals surface area contributed by atoms with Gasteiger partial charge in [-0.3, -0.25) is 4.57 Å². The first kappa shape index (κ1) is 19.4. The third kappa shape index (κ3) is 3.21. The van der Waals surface area contributed by atoms with Crippen molar-refractivity contribution in [2.45, 2.75) is 16.6 Å². The zero-order chi connectivity index (χ0) is 20.1. The Morgan fingerprint density at radius 1 is 1.21 bits per heavy atom. The molecule has 1 aliphatic rings. The predicted molar refractivity (Wildman–Crippen MR) is 106 cm³/mol. The van der Waals surface area contributed by atoms with Crippen LogP contribution in [0.15, 0.2) is 49.8 Å². The molecule has 3 aromatic rings. The van der Waals surface area contributed by atoms with Crippen molar-refractivity contribution in [1.82, 2.24) is 8.87 Å². The number of benzene rings is 1. The van der Waals surface area contributed by atoms with Crippen LogP contribution in [0.25, 0.3) is 11.1 Å². The molecule has 1 aromatic carbocycles. The van der Waals surface area contributed by atoms with E-state index in [-0.39, 0.29) is 30.2 Å². The van der Waals surface area contributed by atoms with Crippen LogP contribution in [0, 0.1) is 0 Å². The molecule has 2 aromatic heterocycles. The van der Waals surface area contributed by atoms with Crippen LogP contribution in [0.1, 0.15) is 16.5 Å². The maximum atomic E-state index is 13.1. The zero-order valence-corrected chi connectivity index (χ0v) is 17.4. The van der Waals surface area contributed by atoms with Crippen molar-refractivity contribution in [2.24, 2.45) is 7.05 Å². The average Bonchev–Trinajstić information content (AvgIpc) is 3.22. The number of aryl methyl sites for hydroxylation is 1. The predicted octanol–water partition coefficient (Wildman–Crippen LogP) is 1.74. The molecule has 0 aliphatic carbocycles. The Labute approximate surface area is 166 Å². The largest absolute Gasteiger partial charge is 0.419 e. The molecule has 1 fully saturated rings. The SMILES string of the molecule is Cn1c(=O)oc2ccc(S(=O)(=O)N3CCC(c4cccs4)S(=O)(=O)CC3)cc21. The van der Waals surface area contributed by atoms with Crippen LogP contribution < -0.4 is 5.76 Å². The minimum atomic E-state index is -3.91. The fourth-order valence-corrected chi connectivity index (χ4v) is 7.97. The van der Waals surface area contributed by atoms with Gasteiger partial charge in [0.2, 0.25) is 10.0 Å². The summed E-state index contributed by atoms with van der Waals surface area (Å²) >= 11 is 1.36. The summed E-state index contributed by atoms with van der Waals surface area (Å²) in [4.78, 5) is 12.4. The molecule has 0 saturated carbocycles. The maximum Gasteiger partial charge on any atom is 0.419 e. The average molecular weight is 443 g/mol. The second-order valence-corrected chi connectivity index (χ2v) is 11.8. The Hall–Kier alpha value is -1.95. The van der Waals surface area contributed by atoms with E-state index in [1.807, 2.05) is 5.38 Å². The molecule has 11 heteroatoms. The van der Waals surface area contributed by atoms with Crippen molar-refractivity contribution in [2.75, 3.05) is 18.8 Å². The molecule has 0 radical (unpaired) electrons. The summed E-state index contributed by atoms with van der Waals surface area (Å²) in [6, 6.07) is 7.75. The molecule has 1 atom stereocenters. The van der Waals surface area contributed by atoms with Crippen LogP contribution in [-0.4, -0.2) is 44.6 Å². The standard InChI is InChI=1S/C17H18N2O6S3/c1-18-13-11-12(4-5-14(13)25-17(18)20)28(23,24)19-7-6-16(15-3-2-9-26-15)27(21,22)10-8-19/h2-5,9,11,16H,6-8,10H2,1H3. The lowest BCUT2D eigenvalue weighted by Gasteiger charge is -2.19. The van der Waals surface area contributed by atoms with Gasteiger partial charge in [0.05, 0.1) is 21.4 Å². The van der Waals surface area contributed by atoms with E-state index in [9.17, 15) is 21.6 Å². The Morgan fingerprint density at radius 3 is 2.71 bits per heavy atom. The van der Waals surface area contributed by atoms with Crippen LogP contribution in [0.5, 0.6) is 0 Å². The Kier molecular flexibility index (Phi) is 4.73. The van der Waals surface area contributed by atoms with Crippen molar-refractivity contribution >= 4 is 42.3 Å². The molecule has 8 nitrogen and oxygen atoms in total. The Bertz CT molecular complexity index is 1290. The number of sulfonamides is 1. The number of rotatable bonds is 3. The summed E-state index contributed by atoms with van der Waals surface area (Å²) in [5.41, 5.74) is 0.660. The normalized spacial score (nSPS) is 21.0. The molecule has 0 N–H and O–H groups in total. The molecule has 0 spiro atoms. The van der Waals surface area contributed by atoms with Gasteiger partial charge in [0.1, 0.15) is 0 Å². The van der Waals surface area contributed by atoms with E-state index >= 15 is 0 Å². The summed E-state index contributed by atoms with van der Waals surface area (Å²) in [6.07, 6.45) is 0.203. The van der Waals surface area contributed by atoms with Gasteiger partial charge in [0, 0.05) is 25.0 Å². The van der Waals surface area contributed by atoms with Crippen molar-refractivity contribution in [1.29, 1.82) is 0 Å². The van der Waals surface area contributed by atoms with E-state index in [2.05, 4.69) is 0 Å². The minimum absolute atomic E-state index is 0.00312. The number of oxazole rings is 1. The molecule has 150 valence electrons. The highest BCUT2D eigenvalue weighted by molar-refractivity contribution is 7.92. The maximum absolute atomic E-state index is 13.1. The fraction of sp³-hybridized carbons (Fsp3) is 0.353. The van der Waals surface area contributed by atoms with E-state index < -0.39 is 30.9 Å². The lowest BCUT2D eigenvalue weighted by molar-refractivity contribution is 0.428. The van der Waals surface area contributed by atoms with Crippen LogP contribution in [0.2, 0.25) is 0 Å². The van der Waals surface area contributed by atoms with Crippen LogP contribution >= 0.6 is 11.3 Å². The van der Waals surface area contributed by atoms with Gasteiger partial charge < -0.3 is 4.42 Å². The van der Waals surface area contributed by atoms with Crippen molar-refractivity contribution in [3.8, 4) is 0 Å². The summed E-state index contributed by atoms with van der Waals surface area (Å²) in [6.45, 7) is 0.00137. The number of hydrogen-bond donors (Lipinski definition) is 0. The Morgan fingerprint density at radius 2 is 2.00 bits per heavy atom. The molecule has 4 rings (SSSR count). The quantitative estimate of drug-likeness (QED) is 0.612. The molecule has 1 saturated heterocycles. The molecule has 1 aliphatic heterocycles. The first-order valence-corrected chi connectivity index (χ1v) is 12.6. The lowest BCUT2D eigenvalue weighted by atomic mass is 10.2. The molecule has 28 heavy (non-hydrogen) atoms. The van der Waals surface area contributed by atoms with Crippen molar-refractivity contribution in [3.05, 3.63) is 51.1 Å². The summed E-state index contributed by atoms with van der Waals surface area (Å²) in [7, 11) is -5.87.